The van der Waals surface area contributed by atoms with E-state index < -0.39 is 0 Å². The van der Waals surface area contributed by atoms with Crippen LogP contribution in [0.4, 0.5) is 0 Å². The van der Waals surface area contributed by atoms with Gasteiger partial charge in [0.25, 0.3) is 0 Å². The number of hydrogen-bond donors (Lipinski definition) is 1. The smallest absolute Gasteiger partial charge is 0.160 e. The molecule has 0 fully saturated rings. The first-order valence-corrected chi connectivity index (χ1v) is 5.03. The average Bonchev–Trinajstić information content (AvgIpc) is 2.28. The molecule has 0 aliphatic heterocycles. The van der Waals surface area contributed by atoms with E-state index in [-0.39, 0.29) is 12.5 Å². The van der Waals surface area contributed by atoms with Gasteiger partial charge in [0.1, 0.15) is 0 Å². The molecule has 0 bridgehead atoms. The maximum Gasteiger partial charge on any atom is 0.160 e. The Kier molecular flexibility index (Phi) is 4.43. The number of hydrogen-bond acceptors (Lipinski definition) is 3. The van der Waals surface area contributed by atoms with Gasteiger partial charge in [-0.15, -0.1) is 0 Å². The largest absolute Gasteiger partial charge is 0.493 e. The molecule has 1 rings (SSSR count). The van der Waals surface area contributed by atoms with Crippen LogP contribution in [0.5, 0.6) is 11.5 Å². The summed E-state index contributed by atoms with van der Waals surface area (Å²) < 4.78 is 10.4. The van der Waals surface area contributed by atoms with E-state index in [1.165, 1.54) is 0 Å². The third-order valence-corrected chi connectivity index (χ3v) is 2.34. The fourth-order valence-electron chi connectivity index (χ4n) is 1.47. The van der Waals surface area contributed by atoms with Gasteiger partial charge in [0.15, 0.2) is 11.5 Å². The number of methoxy groups -OCH3 is 2. The first kappa shape index (κ1) is 11.9. The van der Waals surface area contributed by atoms with Crippen molar-refractivity contribution in [3.63, 3.8) is 0 Å². The van der Waals surface area contributed by atoms with Gasteiger partial charge < -0.3 is 14.6 Å². The molecule has 1 N–H and O–H groups in total. The molecule has 1 aromatic rings. The Labute approximate surface area is 90.6 Å². The van der Waals surface area contributed by atoms with Gasteiger partial charge in [-0.25, -0.2) is 0 Å². The van der Waals surface area contributed by atoms with Crippen LogP contribution in [0.25, 0.3) is 0 Å². The molecule has 0 aliphatic rings. The Hall–Kier alpha value is -1.22. The third-order valence-electron chi connectivity index (χ3n) is 2.34. The van der Waals surface area contributed by atoms with Gasteiger partial charge in [-0.2, -0.15) is 0 Å². The Morgan fingerprint density at radius 2 is 1.87 bits per heavy atom. The first-order valence-electron chi connectivity index (χ1n) is 5.03. The van der Waals surface area contributed by atoms with Crippen molar-refractivity contribution in [1.82, 2.24) is 0 Å². The van der Waals surface area contributed by atoms with Crippen LogP contribution in [0.2, 0.25) is 0 Å². The van der Waals surface area contributed by atoms with Crippen LogP contribution in [-0.4, -0.2) is 25.9 Å². The van der Waals surface area contributed by atoms with Gasteiger partial charge in [-0.3, -0.25) is 0 Å². The third kappa shape index (κ3) is 3.13. The maximum atomic E-state index is 8.97. The molecule has 0 aliphatic carbocycles. The monoisotopic (exact) mass is 210 g/mol. The summed E-state index contributed by atoms with van der Waals surface area (Å²) in [5.41, 5.74) is 1.15. The fourth-order valence-corrected chi connectivity index (χ4v) is 1.47. The highest BCUT2D eigenvalue weighted by Crippen LogP contribution is 2.28. The topological polar surface area (TPSA) is 38.7 Å². The van der Waals surface area contributed by atoms with E-state index in [2.05, 4.69) is 0 Å². The van der Waals surface area contributed by atoms with Crippen LogP contribution < -0.4 is 9.47 Å². The molecule has 84 valence electrons. The molecule has 1 unspecified atom stereocenters. The Morgan fingerprint density at radius 3 is 2.40 bits per heavy atom. The predicted molar refractivity (Wildman–Crippen MR) is 59.5 cm³/mol. The minimum Gasteiger partial charge on any atom is -0.493 e. The molecule has 3 heteroatoms. The highest BCUT2D eigenvalue weighted by Gasteiger charge is 2.07. The number of rotatable bonds is 5. The zero-order valence-electron chi connectivity index (χ0n) is 9.49. The van der Waals surface area contributed by atoms with Crippen molar-refractivity contribution >= 4 is 0 Å². The zero-order valence-corrected chi connectivity index (χ0v) is 9.49. The molecule has 0 spiro atoms. The van der Waals surface area contributed by atoms with E-state index in [4.69, 9.17) is 14.6 Å². The van der Waals surface area contributed by atoms with Crippen molar-refractivity contribution in [1.29, 1.82) is 0 Å². The Morgan fingerprint density at radius 1 is 1.20 bits per heavy atom. The predicted octanol–water partition coefficient (Wildman–Crippen LogP) is 1.87. The van der Waals surface area contributed by atoms with Crippen molar-refractivity contribution < 1.29 is 14.6 Å². The molecule has 1 atom stereocenters. The number of benzene rings is 1. The van der Waals surface area contributed by atoms with Gasteiger partial charge >= 0.3 is 0 Å². The molecular formula is C12H18O3. The standard InChI is InChI=1S/C12H18O3/c1-9(8-13)6-10-4-5-11(14-2)12(7-10)15-3/h4-5,7,9,13H,6,8H2,1-3H3. The maximum absolute atomic E-state index is 8.97. The van der Waals surface area contributed by atoms with Gasteiger partial charge in [0, 0.05) is 6.61 Å². The summed E-state index contributed by atoms with van der Waals surface area (Å²) in [6.45, 7) is 2.21. The SMILES string of the molecule is COc1ccc(CC(C)CO)cc1OC. The van der Waals surface area contributed by atoms with Crippen LogP contribution in [0, 0.1) is 5.92 Å². The summed E-state index contributed by atoms with van der Waals surface area (Å²) in [6.07, 6.45) is 0.844. The first-order chi connectivity index (χ1) is 7.21. The second kappa shape index (κ2) is 5.61. The number of aliphatic hydroxyl groups excluding tert-OH is 1. The minimum atomic E-state index is 0.203. The molecule has 0 amide bonds. The van der Waals surface area contributed by atoms with Crippen molar-refractivity contribution in [3.8, 4) is 11.5 Å². The summed E-state index contributed by atoms with van der Waals surface area (Å²) in [5.74, 6) is 1.74. The van der Waals surface area contributed by atoms with E-state index in [0.717, 1.165) is 23.5 Å². The second-order valence-electron chi connectivity index (χ2n) is 3.68. The van der Waals surface area contributed by atoms with Crippen LogP contribution in [-0.2, 0) is 6.42 Å². The van der Waals surface area contributed by atoms with E-state index >= 15 is 0 Å². The highest BCUT2D eigenvalue weighted by molar-refractivity contribution is 5.42. The Bertz CT molecular complexity index is 310. The average molecular weight is 210 g/mol. The van der Waals surface area contributed by atoms with E-state index in [0.29, 0.717) is 0 Å². The quantitative estimate of drug-likeness (QED) is 0.806. The summed E-state index contributed by atoms with van der Waals surface area (Å²) >= 11 is 0. The van der Waals surface area contributed by atoms with E-state index in [1.54, 1.807) is 14.2 Å². The zero-order chi connectivity index (χ0) is 11.3. The van der Waals surface area contributed by atoms with Gasteiger partial charge in [-0.1, -0.05) is 13.0 Å². The lowest BCUT2D eigenvalue weighted by Gasteiger charge is -2.11. The highest BCUT2D eigenvalue weighted by atomic mass is 16.5. The van der Waals surface area contributed by atoms with Crippen LogP contribution >= 0.6 is 0 Å². The number of ether oxygens (including phenoxy) is 2. The molecule has 0 heterocycles. The fraction of sp³-hybridized carbons (Fsp3) is 0.500. The van der Waals surface area contributed by atoms with Crippen molar-refractivity contribution in [2.75, 3.05) is 20.8 Å². The summed E-state index contributed by atoms with van der Waals surface area (Å²) in [5, 5.41) is 8.97. The molecular weight excluding hydrogens is 192 g/mol. The summed E-state index contributed by atoms with van der Waals surface area (Å²) in [6, 6.07) is 5.83. The van der Waals surface area contributed by atoms with Gasteiger partial charge in [0.05, 0.1) is 14.2 Å². The lowest BCUT2D eigenvalue weighted by molar-refractivity contribution is 0.237. The molecule has 3 nitrogen and oxygen atoms in total. The van der Waals surface area contributed by atoms with Crippen LogP contribution in [0.1, 0.15) is 12.5 Å². The van der Waals surface area contributed by atoms with Crippen LogP contribution in [0.15, 0.2) is 18.2 Å². The molecule has 15 heavy (non-hydrogen) atoms. The minimum absolute atomic E-state index is 0.203. The number of aliphatic hydroxyl groups is 1. The molecule has 0 radical (unpaired) electrons. The van der Waals surface area contributed by atoms with Crippen molar-refractivity contribution in [3.05, 3.63) is 23.8 Å². The Balaban J connectivity index is 2.83. The van der Waals surface area contributed by atoms with E-state index in [9.17, 15) is 0 Å². The molecule has 0 aromatic heterocycles. The second-order valence-corrected chi connectivity index (χ2v) is 3.68. The molecule has 1 aromatic carbocycles. The van der Waals surface area contributed by atoms with Gasteiger partial charge in [0.2, 0.25) is 0 Å². The van der Waals surface area contributed by atoms with Crippen molar-refractivity contribution in [2.45, 2.75) is 13.3 Å². The molecule has 0 saturated heterocycles. The summed E-state index contributed by atoms with van der Waals surface area (Å²) in [7, 11) is 3.24. The van der Waals surface area contributed by atoms with Crippen LogP contribution in [0.3, 0.4) is 0 Å². The lowest BCUT2D eigenvalue weighted by atomic mass is 10.0. The summed E-state index contributed by atoms with van der Waals surface area (Å²) in [4.78, 5) is 0. The normalized spacial score (nSPS) is 12.3. The van der Waals surface area contributed by atoms with Crippen molar-refractivity contribution in [2.24, 2.45) is 5.92 Å². The molecule has 0 saturated carbocycles. The lowest BCUT2D eigenvalue weighted by Crippen LogP contribution is -2.04. The van der Waals surface area contributed by atoms with Gasteiger partial charge in [-0.05, 0) is 30.0 Å². The van der Waals surface area contributed by atoms with E-state index in [1.807, 2.05) is 25.1 Å².